The van der Waals surface area contributed by atoms with Gasteiger partial charge in [0.15, 0.2) is 0 Å². The van der Waals surface area contributed by atoms with Crippen molar-refractivity contribution in [2.24, 2.45) is 0 Å². The van der Waals surface area contributed by atoms with Gasteiger partial charge in [0.1, 0.15) is 6.10 Å². The highest BCUT2D eigenvalue weighted by Gasteiger charge is 2.20. The van der Waals surface area contributed by atoms with Gasteiger partial charge < -0.3 is 14.6 Å². The third-order valence-electron chi connectivity index (χ3n) is 3.15. The van der Waals surface area contributed by atoms with E-state index in [-0.39, 0.29) is 18.7 Å². The third-order valence-corrected chi connectivity index (χ3v) is 3.15. The number of aliphatic hydroxyl groups is 1. The molecule has 0 saturated carbocycles. The average molecular weight is 256 g/mol. The Balaban J connectivity index is 0.000000184. The summed E-state index contributed by atoms with van der Waals surface area (Å²) in [5, 5.41) is 8.51. The largest absolute Gasteiger partial charge is 0.462 e. The fraction of sp³-hybridized carbons (Fsp3) is 0.786. The van der Waals surface area contributed by atoms with Crippen LogP contribution in [0.5, 0.6) is 0 Å². The van der Waals surface area contributed by atoms with Gasteiger partial charge in [0.25, 0.3) is 0 Å². The first-order valence-corrected chi connectivity index (χ1v) is 6.74. The fourth-order valence-electron chi connectivity index (χ4n) is 2.05. The number of aliphatic hydroxyl groups excluding tert-OH is 1. The molecule has 2 aliphatic rings. The second-order valence-electron chi connectivity index (χ2n) is 4.81. The molecular weight excluding hydrogens is 232 g/mol. The van der Waals surface area contributed by atoms with Crippen LogP contribution in [-0.4, -0.2) is 36.5 Å². The summed E-state index contributed by atoms with van der Waals surface area (Å²) >= 11 is 0. The van der Waals surface area contributed by atoms with E-state index in [1.165, 1.54) is 5.57 Å². The molecule has 2 rings (SSSR count). The van der Waals surface area contributed by atoms with Gasteiger partial charge in [0.2, 0.25) is 0 Å². The van der Waals surface area contributed by atoms with E-state index >= 15 is 0 Å². The van der Waals surface area contributed by atoms with Gasteiger partial charge in [0.05, 0.1) is 12.7 Å². The quantitative estimate of drug-likeness (QED) is 0.619. The minimum atomic E-state index is -0.0307. The lowest BCUT2D eigenvalue weighted by atomic mass is 10.1. The molecule has 1 N–H and O–H groups in total. The maximum atomic E-state index is 10.4. The van der Waals surface area contributed by atoms with Crippen molar-refractivity contribution in [1.82, 2.24) is 0 Å². The number of cyclic esters (lactones) is 1. The smallest absolute Gasteiger partial charge is 0.306 e. The molecule has 2 aliphatic heterocycles. The van der Waals surface area contributed by atoms with Gasteiger partial charge in [0, 0.05) is 13.0 Å². The first-order valence-electron chi connectivity index (χ1n) is 6.74. The highest BCUT2D eigenvalue weighted by molar-refractivity contribution is 5.71. The lowest BCUT2D eigenvalue weighted by molar-refractivity contribution is -0.141. The van der Waals surface area contributed by atoms with Crippen molar-refractivity contribution in [2.75, 3.05) is 13.2 Å². The monoisotopic (exact) mass is 256 g/mol. The second-order valence-corrected chi connectivity index (χ2v) is 4.81. The van der Waals surface area contributed by atoms with E-state index in [1.54, 1.807) is 0 Å². The lowest BCUT2D eigenvalue weighted by Gasteiger charge is -2.05. The van der Waals surface area contributed by atoms with E-state index in [0.29, 0.717) is 12.5 Å². The first-order chi connectivity index (χ1) is 8.65. The van der Waals surface area contributed by atoms with Gasteiger partial charge in [-0.1, -0.05) is 13.5 Å². The summed E-state index contributed by atoms with van der Waals surface area (Å²) < 4.78 is 10.2. The zero-order chi connectivity index (χ0) is 13.4. The first kappa shape index (κ1) is 15.2. The van der Waals surface area contributed by atoms with Gasteiger partial charge in [-0.25, -0.2) is 0 Å². The molecule has 0 bridgehead atoms. The minimum absolute atomic E-state index is 0.0307. The van der Waals surface area contributed by atoms with E-state index in [4.69, 9.17) is 14.6 Å². The zero-order valence-electron chi connectivity index (χ0n) is 11.2. The van der Waals surface area contributed by atoms with E-state index < -0.39 is 0 Å². The van der Waals surface area contributed by atoms with Crippen LogP contribution in [0.2, 0.25) is 0 Å². The Morgan fingerprint density at radius 3 is 2.61 bits per heavy atom. The van der Waals surface area contributed by atoms with Crippen LogP contribution in [0.1, 0.15) is 45.4 Å². The summed E-state index contributed by atoms with van der Waals surface area (Å²) in [5.41, 5.74) is 1.18. The van der Waals surface area contributed by atoms with Crippen LogP contribution in [0.4, 0.5) is 0 Å². The number of hydrogen-bond donors (Lipinski definition) is 1. The Hall–Kier alpha value is -0.870. The topological polar surface area (TPSA) is 55.8 Å². The molecule has 2 atom stereocenters. The predicted octanol–water partition coefficient (Wildman–Crippen LogP) is 2.21. The normalized spacial score (nSPS) is 26.8. The Morgan fingerprint density at radius 2 is 2.22 bits per heavy atom. The molecule has 0 aromatic carbocycles. The Morgan fingerprint density at radius 1 is 1.44 bits per heavy atom. The van der Waals surface area contributed by atoms with Crippen molar-refractivity contribution in [3.05, 3.63) is 12.2 Å². The number of carbonyl (C=O) groups excluding carboxylic acids is 1. The number of esters is 1. The Labute approximate surface area is 109 Å². The summed E-state index contributed by atoms with van der Waals surface area (Å²) in [6.07, 6.45) is 5.87. The molecule has 2 heterocycles. The SMILES string of the molecule is C=C1CO[C@@H](CCCO)C1.CC[C@@H]1CCC(=O)O1. The van der Waals surface area contributed by atoms with E-state index in [2.05, 4.69) is 6.58 Å². The predicted molar refractivity (Wildman–Crippen MR) is 69.2 cm³/mol. The molecule has 0 aromatic heterocycles. The Bertz CT molecular complexity index is 275. The molecule has 0 spiro atoms. The summed E-state index contributed by atoms with van der Waals surface area (Å²) in [6, 6.07) is 0. The van der Waals surface area contributed by atoms with Crippen molar-refractivity contribution in [3.63, 3.8) is 0 Å². The molecular formula is C14H24O4. The number of carbonyl (C=O) groups is 1. The second kappa shape index (κ2) is 8.27. The summed E-state index contributed by atoms with van der Waals surface area (Å²) in [4.78, 5) is 10.4. The summed E-state index contributed by atoms with van der Waals surface area (Å²) in [5.74, 6) is -0.0307. The van der Waals surface area contributed by atoms with Crippen LogP contribution >= 0.6 is 0 Å². The molecule has 18 heavy (non-hydrogen) atoms. The van der Waals surface area contributed by atoms with Crippen LogP contribution in [0, 0.1) is 0 Å². The Kier molecular flexibility index (Phi) is 6.98. The standard InChI is InChI=1S/C8H14O2.C6H10O2/c1-7-5-8(10-6-7)3-2-4-9;1-2-5-3-4-6(7)8-5/h8-9H,1-6H2;5H,2-4H2,1H3/t8-;5-/m01/s1. The van der Waals surface area contributed by atoms with Crippen molar-refractivity contribution in [1.29, 1.82) is 0 Å². The highest BCUT2D eigenvalue weighted by atomic mass is 16.5. The van der Waals surface area contributed by atoms with Crippen LogP contribution in [0.3, 0.4) is 0 Å². The maximum absolute atomic E-state index is 10.4. The third kappa shape index (κ3) is 5.65. The zero-order valence-corrected chi connectivity index (χ0v) is 11.2. The lowest BCUT2D eigenvalue weighted by Crippen LogP contribution is -2.04. The molecule has 4 nitrogen and oxygen atoms in total. The van der Waals surface area contributed by atoms with E-state index in [1.807, 2.05) is 6.92 Å². The molecule has 2 saturated heterocycles. The van der Waals surface area contributed by atoms with E-state index in [0.717, 1.165) is 38.7 Å². The van der Waals surface area contributed by atoms with Crippen molar-refractivity contribution < 1.29 is 19.4 Å². The number of ether oxygens (including phenoxy) is 2. The molecule has 2 fully saturated rings. The van der Waals surface area contributed by atoms with Crippen molar-refractivity contribution >= 4 is 5.97 Å². The van der Waals surface area contributed by atoms with Crippen LogP contribution in [0.15, 0.2) is 12.2 Å². The summed E-state index contributed by atoms with van der Waals surface area (Å²) in [7, 11) is 0. The molecule has 0 aliphatic carbocycles. The van der Waals surface area contributed by atoms with E-state index in [9.17, 15) is 4.79 Å². The van der Waals surface area contributed by atoms with Gasteiger partial charge in [-0.05, 0) is 37.7 Å². The fourth-order valence-corrected chi connectivity index (χ4v) is 2.05. The van der Waals surface area contributed by atoms with Crippen LogP contribution in [-0.2, 0) is 14.3 Å². The van der Waals surface area contributed by atoms with Crippen LogP contribution in [0.25, 0.3) is 0 Å². The maximum Gasteiger partial charge on any atom is 0.306 e. The molecule has 0 aromatic rings. The van der Waals surface area contributed by atoms with Crippen molar-refractivity contribution in [2.45, 2.75) is 57.7 Å². The minimum Gasteiger partial charge on any atom is -0.462 e. The molecule has 0 unspecified atom stereocenters. The van der Waals surface area contributed by atoms with Gasteiger partial charge >= 0.3 is 5.97 Å². The summed E-state index contributed by atoms with van der Waals surface area (Å²) in [6.45, 7) is 6.84. The number of hydrogen-bond acceptors (Lipinski definition) is 4. The van der Waals surface area contributed by atoms with Crippen molar-refractivity contribution in [3.8, 4) is 0 Å². The van der Waals surface area contributed by atoms with Gasteiger partial charge in [-0.3, -0.25) is 4.79 Å². The van der Waals surface area contributed by atoms with Crippen LogP contribution < -0.4 is 0 Å². The number of rotatable bonds is 4. The molecule has 104 valence electrons. The van der Waals surface area contributed by atoms with Gasteiger partial charge in [-0.15, -0.1) is 0 Å². The molecule has 0 radical (unpaired) electrons. The highest BCUT2D eigenvalue weighted by Crippen LogP contribution is 2.20. The molecule has 0 amide bonds. The average Bonchev–Trinajstić information content (AvgIpc) is 2.96. The molecule has 4 heteroatoms. The van der Waals surface area contributed by atoms with Gasteiger partial charge in [-0.2, -0.15) is 0 Å².